The fourth-order valence-corrected chi connectivity index (χ4v) is 7.34. The summed E-state index contributed by atoms with van der Waals surface area (Å²) in [5, 5.41) is 3.45. The molecular formula is C27H23F3O2S. The molecule has 33 heavy (non-hydrogen) atoms. The quantitative estimate of drug-likeness (QED) is 0.293. The van der Waals surface area contributed by atoms with Gasteiger partial charge in [-0.1, -0.05) is 61.5 Å². The average Bonchev–Trinajstić information content (AvgIpc) is 2.82. The summed E-state index contributed by atoms with van der Waals surface area (Å²) >= 11 is 0. The Kier molecular flexibility index (Phi) is 5.24. The number of hydrogen-bond acceptors (Lipinski definition) is 2. The second-order valence-electron chi connectivity index (χ2n) is 8.61. The van der Waals surface area contributed by atoms with Crippen molar-refractivity contribution in [3.05, 3.63) is 89.0 Å². The smallest absolute Gasteiger partial charge is 0.223 e. The Labute approximate surface area is 191 Å². The number of hydrogen-bond donors (Lipinski definition) is 0. The number of alkyl halides is 3. The molecule has 0 aromatic heterocycles. The van der Waals surface area contributed by atoms with E-state index >= 15 is 0 Å². The van der Waals surface area contributed by atoms with Crippen LogP contribution in [0, 0.1) is 0 Å². The topological polar surface area (TPSA) is 34.1 Å². The summed E-state index contributed by atoms with van der Waals surface area (Å²) in [6, 6.07) is 19.0. The van der Waals surface area contributed by atoms with Crippen LogP contribution in [0.4, 0.5) is 13.2 Å². The fourth-order valence-electron chi connectivity index (χ4n) is 5.13. The fraction of sp³-hybridized carbons (Fsp3) is 0.259. The Balaban J connectivity index is 1.70. The molecule has 1 unspecified atom stereocenters. The molecule has 170 valence electrons. The maximum atomic E-state index is 13.8. The number of halogens is 3. The molecule has 1 atom stereocenters. The van der Waals surface area contributed by atoms with E-state index in [4.69, 9.17) is 0 Å². The first-order chi connectivity index (χ1) is 15.7. The van der Waals surface area contributed by atoms with Gasteiger partial charge in [0.05, 0.1) is 15.7 Å². The molecule has 0 amide bonds. The summed E-state index contributed by atoms with van der Waals surface area (Å²) in [5.41, 5.74) is 1.19. The van der Waals surface area contributed by atoms with Gasteiger partial charge in [0.15, 0.2) is 9.84 Å². The van der Waals surface area contributed by atoms with E-state index in [1.54, 1.807) is 6.92 Å². The summed E-state index contributed by atoms with van der Waals surface area (Å²) in [5.74, 6) is 0. The molecule has 4 aromatic carbocycles. The highest BCUT2D eigenvalue weighted by Gasteiger charge is 2.37. The minimum absolute atomic E-state index is 0.198. The highest BCUT2D eigenvalue weighted by atomic mass is 32.2. The van der Waals surface area contributed by atoms with Crippen LogP contribution in [0.15, 0.2) is 71.6 Å². The van der Waals surface area contributed by atoms with E-state index in [2.05, 4.69) is 6.07 Å². The predicted molar refractivity (Wildman–Crippen MR) is 125 cm³/mol. The van der Waals surface area contributed by atoms with E-state index in [1.807, 2.05) is 42.5 Å². The van der Waals surface area contributed by atoms with E-state index in [-0.39, 0.29) is 4.90 Å². The number of fused-ring (bicyclic) bond motifs is 5. The molecule has 0 saturated heterocycles. The first-order valence-electron chi connectivity index (χ1n) is 11.1. The molecule has 0 radical (unpaired) electrons. The van der Waals surface area contributed by atoms with Crippen molar-refractivity contribution in [2.75, 3.05) is 0 Å². The largest absolute Gasteiger partial charge is 0.416 e. The van der Waals surface area contributed by atoms with Gasteiger partial charge in [-0.3, -0.25) is 0 Å². The molecule has 1 aliphatic rings. The van der Waals surface area contributed by atoms with Crippen LogP contribution in [-0.2, 0) is 28.9 Å². The molecule has 0 heterocycles. The van der Waals surface area contributed by atoms with Crippen molar-refractivity contribution >= 4 is 31.4 Å². The third-order valence-electron chi connectivity index (χ3n) is 6.77. The van der Waals surface area contributed by atoms with Crippen LogP contribution < -0.4 is 0 Å². The monoisotopic (exact) mass is 468 g/mol. The molecule has 0 saturated carbocycles. The third-order valence-corrected chi connectivity index (χ3v) is 9.00. The summed E-state index contributed by atoms with van der Waals surface area (Å²) in [6.07, 6.45) is -2.44. The van der Waals surface area contributed by atoms with Crippen molar-refractivity contribution in [1.82, 2.24) is 0 Å². The molecule has 2 nitrogen and oxygen atoms in total. The van der Waals surface area contributed by atoms with Crippen molar-refractivity contribution in [2.24, 2.45) is 0 Å². The maximum absolute atomic E-state index is 13.8. The lowest BCUT2D eigenvalue weighted by molar-refractivity contribution is -0.137. The van der Waals surface area contributed by atoms with Gasteiger partial charge in [-0.2, -0.15) is 13.2 Å². The van der Waals surface area contributed by atoms with Gasteiger partial charge in [-0.15, -0.1) is 0 Å². The number of sulfone groups is 1. The zero-order valence-corrected chi connectivity index (χ0v) is 18.9. The van der Waals surface area contributed by atoms with E-state index in [0.29, 0.717) is 30.4 Å². The molecule has 1 aliphatic carbocycles. The minimum Gasteiger partial charge on any atom is -0.223 e. The summed E-state index contributed by atoms with van der Waals surface area (Å²) in [6.45, 7) is 1.76. The molecule has 0 bridgehead atoms. The Morgan fingerprint density at radius 3 is 2.42 bits per heavy atom. The van der Waals surface area contributed by atoms with Gasteiger partial charge >= 0.3 is 6.18 Å². The second-order valence-corrected chi connectivity index (χ2v) is 10.7. The summed E-state index contributed by atoms with van der Waals surface area (Å²) < 4.78 is 67.7. The Morgan fingerprint density at radius 1 is 0.909 bits per heavy atom. The van der Waals surface area contributed by atoms with Gasteiger partial charge < -0.3 is 0 Å². The molecule has 0 spiro atoms. The highest BCUT2D eigenvalue weighted by molar-refractivity contribution is 7.91. The van der Waals surface area contributed by atoms with Crippen molar-refractivity contribution in [3.8, 4) is 0 Å². The predicted octanol–water partition coefficient (Wildman–Crippen LogP) is 7.43. The van der Waals surface area contributed by atoms with Gasteiger partial charge in [0.25, 0.3) is 0 Å². The first-order valence-corrected chi connectivity index (χ1v) is 12.6. The van der Waals surface area contributed by atoms with Crippen LogP contribution in [0.25, 0.3) is 21.5 Å². The van der Waals surface area contributed by atoms with Crippen LogP contribution in [-0.4, -0.2) is 8.42 Å². The zero-order valence-electron chi connectivity index (χ0n) is 18.1. The highest BCUT2D eigenvalue weighted by Crippen LogP contribution is 2.44. The van der Waals surface area contributed by atoms with Gasteiger partial charge in [-0.05, 0) is 76.1 Å². The molecule has 6 heteroatoms. The van der Waals surface area contributed by atoms with E-state index in [0.717, 1.165) is 45.7 Å². The molecule has 0 fully saturated rings. The molecule has 4 aromatic rings. The summed E-state index contributed by atoms with van der Waals surface area (Å²) in [7, 11) is -4.01. The lowest BCUT2D eigenvalue weighted by Gasteiger charge is -2.28. The van der Waals surface area contributed by atoms with Crippen molar-refractivity contribution < 1.29 is 21.6 Å². The van der Waals surface area contributed by atoms with E-state index < -0.39 is 26.8 Å². The molecule has 5 rings (SSSR count). The second kappa shape index (κ2) is 7.87. The first kappa shape index (κ1) is 22.0. The van der Waals surface area contributed by atoms with Crippen LogP contribution in [0.1, 0.15) is 47.3 Å². The molecule has 0 N–H and O–H groups in total. The average molecular weight is 469 g/mol. The van der Waals surface area contributed by atoms with Crippen molar-refractivity contribution in [2.45, 2.75) is 48.9 Å². The number of aryl methyl sites for hydroxylation is 2. The van der Waals surface area contributed by atoms with E-state index in [9.17, 15) is 21.6 Å². The Hall–Kier alpha value is -2.86. The lowest BCUT2D eigenvalue weighted by atomic mass is 9.86. The summed E-state index contributed by atoms with van der Waals surface area (Å²) in [4.78, 5) is -0.198. The number of benzene rings is 4. The number of rotatable bonds is 3. The van der Waals surface area contributed by atoms with Crippen LogP contribution in [0.5, 0.6) is 0 Å². The maximum Gasteiger partial charge on any atom is 0.416 e. The van der Waals surface area contributed by atoms with Gasteiger partial charge in [0.1, 0.15) is 0 Å². The van der Waals surface area contributed by atoms with Gasteiger partial charge in [0, 0.05) is 0 Å². The Bertz CT molecular complexity index is 1490. The van der Waals surface area contributed by atoms with Crippen molar-refractivity contribution in [1.29, 1.82) is 0 Å². The van der Waals surface area contributed by atoms with Crippen LogP contribution >= 0.6 is 0 Å². The van der Waals surface area contributed by atoms with Crippen LogP contribution in [0.2, 0.25) is 0 Å². The van der Waals surface area contributed by atoms with Crippen molar-refractivity contribution in [3.63, 3.8) is 0 Å². The molecular weight excluding hydrogens is 445 g/mol. The normalized spacial score (nSPS) is 16.8. The van der Waals surface area contributed by atoms with Gasteiger partial charge in [-0.25, -0.2) is 8.42 Å². The standard InChI is InChI=1S/C27H23F3O2S/c1-2-17-10-12-19(27(28,29)30)16-26(17)33(31,32)25-9-5-8-21-23-13-11-18-6-3-4-7-20(18)22(23)14-15-24(21)25/h3-4,6-7,10-16,25H,2,5,8-9H2,1H3. The third kappa shape index (κ3) is 3.61. The molecule has 0 aliphatic heterocycles. The SMILES string of the molecule is CCc1ccc(C(F)(F)F)cc1S(=O)(=O)C1CCCc2c1ccc1c2ccc2ccccc21. The van der Waals surface area contributed by atoms with Crippen LogP contribution in [0.3, 0.4) is 0 Å². The lowest BCUT2D eigenvalue weighted by Crippen LogP contribution is -2.21. The zero-order chi connectivity index (χ0) is 23.4. The van der Waals surface area contributed by atoms with Gasteiger partial charge in [0.2, 0.25) is 0 Å². The minimum atomic E-state index is -4.60. The van der Waals surface area contributed by atoms with E-state index in [1.165, 1.54) is 6.07 Å². The Morgan fingerprint density at radius 2 is 1.67 bits per heavy atom.